The molecule has 0 unspecified atom stereocenters. The zero-order valence-corrected chi connectivity index (χ0v) is 25.4. The van der Waals surface area contributed by atoms with Crippen LogP contribution >= 0.6 is 0 Å². The summed E-state index contributed by atoms with van der Waals surface area (Å²) in [6.45, 7) is 7.61. The van der Waals surface area contributed by atoms with Gasteiger partial charge in [-0.05, 0) is 68.8 Å². The van der Waals surface area contributed by atoms with Crippen LogP contribution in [0.25, 0.3) is 22.1 Å². The van der Waals surface area contributed by atoms with Crippen LogP contribution in [0.3, 0.4) is 0 Å². The Morgan fingerprint density at radius 2 is 1.82 bits per heavy atom. The van der Waals surface area contributed by atoms with Gasteiger partial charge in [0.2, 0.25) is 11.9 Å². The van der Waals surface area contributed by atoms with Crippen LogP contribution in [0.1, 0.15) is 18.4 Å². The number of aryl methyl sites for hydroxylation is 2. The molecule has 0 bridgehead atoms. The highest BCUT2D eigenvalue weighted by Gasteiger charge is 2.22. The quantitative estimate of drug-likeness (QED) is 0.259. The van der Waals surface area contributed by atoms with Crippen molar-refractivity contribution in [3.8, 4) is 11.5 Å². The number of nitrogens with zero attached hydrogens (tertiary/aromatic N) is 10. The molecular weight excluding hydrogens is 570 g/mol. The third kappa shape index (κ3) is 6.25. The van der Waals surface area contributed by atoms with Crippen molar-refractivity contribution in [1.29, 1.82) is 0 Å². The second kappa shape index (κ2) is 12.4. The van der Waals surface area contributed by atoms with Crippen LogP contribution in [0, 0.1) is 6.92 Å². The summed E-state index contributed by atoms with van der Waals surface area (Å²) in [5, 5.41) is 11.6. The Labute approximate surface area is 260 Å². The monoisotopic (exact) mass is 605 g/mol. The number of piperazine rings is 1. The molecule has 0 radical (unpaired) electrons. The van der Waals surface area contributed by atoms with E-state index in [0.29, 0.717) is 54.7 Å². The molecule has 0 aliphatic carbocycles. The highest BCUT2D eigenvalue weighted by molar-refractivity contribution is 5.88. The van der Waals surface area contributed by atoms with E-state index in [0.717, 1.165) is 47.7 Å². The van der Waals surface area contributed by atoms with Crippen LogP contribution < -0.4 is 15.0 Å². The van der Waals surface area contributed by atoms with Crippen molar-refractivity contribution in [2.75, 3.05) is 56.0 Å². The van der Waals surface area contributed by atoms with Crippen LogP contribution in [0.4, 0.5) is 17.5 Å². The molecule has 2 fully saturated rings. The third-order valence-corrected chi connectivity index (χ3v) is 8.31. The predicted molar refractivity (Wildman–Crippen MR) is 172 cm³/mol. The van der Waals surface area contributed by atoms with E-state index in [9.17, 15) is 4.79 Å². The molecule has 7 rings (SSSR count). The van der Waals surface area contributed by atoms with Crippen molar-refractivity contribution in [2.45, 2.75) is 19.8 Å². The second-order valence-electron chi connectivity index (χ2n) is 11.4. The summed E-state index contributed by atoms with van der Waals surface area (Å²) in [6, 6.07) is 11.6. The lowest BCUT2D eigenvalue weighted by atomic mass is 10.2. The van der Waals surface area contributed by atoms with E-state index in [1.807, 2.05) is 61.3 Å². The maximum absolute atomic E-state index is 12.7. The Bertz CT molecular complexity index is 1870. The number of aromatic nitrogens is 7. The second-order valence-corrected chi connectivity index (χ2v) is 11.4. The molecule has 1 amide bonds. The Balaban J connectivity index is 1.01. The molecule has 13 heteroatoms. The minimum atomic E-state index is 0.0615. The molecule has 3 aromatic heterocycles. The summed E-state index contributed by atoms with van der Waals surface area (Å²) in [6.07, 6.45) is 9.42. The average molecular weight is 606 g/mol. The largest absolute Gasteiger partial charge is 0.457 e. The van der Waals surface area contributed by atoms with E-state index in [1.165, 1.54) is 19.2 Å². The molecule has 5 aromatic rings. The molecular formula is C32H35N11O2. The summed E-state index contributed by atoms with van der Waals surface area (Å²) in [4.78, 5) is 37.4. The number of ether oxygens (including phenoxy) is 1. The van der Waals surface area contributed by atoms with Crippen molar-refractivity contribution in [1.82, 2.24) is 44.7 Å². The first-order valence-electron chi connectivity index (χ1n) is 15.3. The first kappa shape index (κ1) is 28.6. The number of fused-ring (bicyclic) bond motifs is 2. The predicted octanol–water partition coefficient (Wildman–Crippen LogP) is 3.85. The van der Waals surface area contributed by atoms with Gasteiger partial charge in [-0.25, -0.2) is 24.6 Å². The molecule has 2 aliphatic rings. The number of hydrogen-bond donors (Lipinski definition) is 1. The normalized spacial score (nSPS) is 15.9. The summed E-state index contributed by atoms with van der Waals surface area (Å²) in [5.74, 6) is 2.67. The molecule has 0 saturated carbocycles. The first-order chi connectivity index (χ1) is 22.0. The molecule has 0 atom stereocenters. The van der Waals surface area contributed by atoms with Crippen LogP contribution in [-0.2, 0) is 11.8 Å². The number of amides is 1. The first-order valence-corrected chi connectivity index (χ1v) is 15.3. The number of hydrogen-bond acceptors (Lipinski definition) is 11. The smallest absolute Gasteiger partial charge is 0.246 e. The minimum absolute atomic E-state index is 0.0615. The molecule has 2 aliphatic heterocycles. The lowest BCUT2D eigenvalue weighted by molar-refractivity contribution is -0.126. The Hall–Kier alpha value is -5.17. The molecule has 5 heterocycles. The van der Waals surface area contributed by atoms with Crippen molar-refractivity contribution >= 4 is 45.4 Å². The van der Waals surface area contributed by atoms with E-state index < -0.39 is 0 Å². The van der Waals surface area contributed by atoms with Gasteiger partial charge in [-0.3, -0.25) is 9.69 Å². The van der Waals surface area contributed by atoms with Crippen LogP contribution in [0.15, 0.2) is 61.1 Å². The highest BCUT2D eigenvalue weighted by Crippen LogP contribution is 2.31. The van der Waals surface area contributed by atoms with Gasteiger partial charge < -0.3 is 19.9 Å². The van der Waals surface area contributed by atoms with E-state index in [1.54, 1.807) is 17.0 Å². The van der Waals surface area contributed by atoms with Crippen molar-refractivity contribution in [3.05, 3.63) is 66.6 Å². The summed E-state index contributed by atoms with van der Waals surface area (Å²) < 4.78 is 7.89. The number of anilines is 3. The van der Waals surface area contributed by atoms with Crippen LogP contribution in [0.5, 0.6) is 11.5 Å². The van der Waals surface area contributed by atoms with E-state index in [-0.39, 0.29) is 5.91 Å². The molecule has 13 nitrogen and oxygen atoms in total. The molecule has 45 heavy (non-hydrogen) atoms. The number of benzene rings is 2. The van der Waals surface area contributed by atoms with Crippen molar-refractivity contribution in [2.24, 2.45) is 7.05 Å². The zero-order valence-electron chi connectivity index (χ0n) is 25.4. The number of carbonyl (C=O) groups excluding carboxylic acids is 1. The Kier molecular flexibility index (Phi) is 7.91. The van der Waals surface area contributed by atoms with Gasteiger partial charge in [-0.1, -0.05) is 11.3 Å². The van der Waals surface area contributed by atoms with E-state index >= 15 is 0 Å². The molecule has 1 N–H and O–H groups in total. The fourth-order valence-electron chi connectivity index (χ4n) is 5.78. The van der Waals surface area contributed by atoms with Crippen LogP contribution in [-0.4, -0.2) is 96.5 Å². The summed E-state index contributed by atoms with van der Waals surface area (Å²) in [5.41, 5.74) is 4.78. The maximum atomic E-state index is 12.7. The van der Waals surface area contributed by atoms with Gasteiger partial charge >= 0.3 is 0 Å². The molecule has 2 saturated heterocycles. The Morgan fingerprint density at radius 1 is 0.978 bits per heavy atom. The summed E-state index contributed by atoms with van der Waals surface area (Å²) in [7, 11) is 1.86. The topological polar surface area (TPSA) is 130 Å². The molecule has 230 valence electrons. The SMILES string of the molecule is Cc1cc(Nc2ncnc3cnc(N4CCN(C(=O)/C=C/CN5CCCC5)CC4)nc23)ccc1Oc1ccc2c(c1)nnn2C. The van der Waals surface area contributed by atoms with Gasteiger partial charge in [0.05, 0.1) is 11.7 Å². The zero-order chi connectivity index (χ0) is 30.8. The maximum Gasteiger partial charge on any atom is 0.246 e. The lowest BCUT2D eigenvalue weighted by Crippen LogP contribution is -2.48. The molecule has 2 aromatic carbocycles. The van der Waals surface area contributed by atoms with Crippen LogP contribution in [0.2, 0.25) is 0 Å². The third-order valence-electron chi connectivity index (χ3n) is 8.31. The van der Waals surface area contributed by atoms with E-state index in [2.05, 4.69) is 40.4 Å². The summed E-state index contributed by atoms with van der Waals surface area (Å²) >= 11 is 0. The van der Waals surface area contributed by atoms with E-state index in [4.69, 9.17) is 9.72 Å². The number of likely N-dealkylation sites (tertiary alicyclic amines) is 1. The highest BCUT2D eigenvalue weighted by atomic mass is 16.5. The number of nitrogens with one attached hydrogen (secondary N) is 1. The lowest BCUT2D eigenvalue weighted by Gasteiger charge is -2.34. The van der Waals surface area contributed by atoms with Gasteiger partial charge in [0.15, 0.2) is 5.82 Å². The fourth-order valence-corrected chi connectivity index (χ4v) is 5.78. The number of rotatable bonds is 8. The average Bonchev–Trinajstić information content (AvgIpc) is 3.72. The fraction of sp³-hybridized carbons (Fsp3) is 0.344. The van der Waals surface area contributed by atoms with Crippen molar-refractivity contribution < 1.29 is 9.53 Å². The minimum Gasteiger partial charge on any atom is -0.457 e. The molecule has 0 spiro atoms. The standard InChI is InChI=1S/C32H35N11O2/c1-22-18-23(7-10-28(22)45-24-8-9-27-25(19-24)38-39-40(27)2)36-31-30-26(34-21-35-31)20-33-32(37-30)43-16-14-42(15-17-43)29(44)6-5-13-41-11-3-4-12-41/h5-10,18-21H,3-4,11-17H2,1-2H3,(H,34,35,36)/b6-5+. The van der Waals surface area contributed by atoms with Gasteiger partial charge in [0.25, 0.3) is 0 Å². The van der Waals surface area contributed by atoms with Gasteiger partial charge in [0, 0.05) is 57.6 Å². The van der Waals surface area contributed by atoms with Gasteiger partial charge in [-0.15, -0.1) is 5.10 Å². The number of carbonyl (C=O) groups is 1. The van der Waals surface area contributed by atoms with Gasteiger partial charge in [0.1, 0.15) is 34.4 Å². The van der Waals surface area contributed by atoms with Gasteiger partial charge in [-0.2, -0.15) is 0 Å². The Morgan fingerprint density at radius 3 is 2.64 bits per heavy atom. The van der Waals surface area contributed by atoms with Crippen molar-refractivity contribution in [3.63, 3.8) is 0 Å².